The fraction of sp³-hybridized carbons (Fsp3) is 0.214. The van der Waals surface area contributed by atoms with E-state index >= 15 is 0 Å². The molecular weight excluding hydrogens is 320 g/mol. The number of hydrogen-bond acceptors (Lipinski definition) is 4. The van der Waals surface area contributed by atoms with Crippen LogP contribution in [-0.2, 0) is 13.0 Å². The van der Waals surface area contributed by atoms with Crippen LogP contribution in [0.15, 0.2) is 35.2 Å². The van der Waals surface area contributed by atoms with E-state index in [0.717, 1.165) is 19.5 Å². The molecule has 1 aromatic heterocycles. The summed E-state index contributed by atoms with van der Waals surface area (Å²) in [5.41, 5.74) is 3.13. The van der Waals surface area contributed by atoms with Gasteiger partial charge in [-0.1, -0.05) is 6.07 Å². The highest BCUT2D eigenvalue weighted by Crippen LogP contribution is 2.17. The Morgan fingerprint density at radius 1 is 1.25 bits per heavy atom. The van der Waals surface area contributed by atoms with Crippen molar-refractivity contribution in [2.24, 2.45) is 0 Å². The van der Waals surface area contributed by atoms with Gasteiger partial charge >= 0.3 is 0 Å². The Bertz CT molecular complexity index is 642. The van der Waals surface area contributed by atoms with Crippen molar-refractivity contribution in [3.8, 4) is 0 Å². The molecule has 6 heteroatoms. The van der Waals surface area contributed by atoms with E-state index in [1.165, 1.54) is 17.3 Å². The van der Waals surface area contributed by atoms with Gasteiger partial charge in [0.2, 0.25) is 0 Å². The van der Waals surface area contributed by atoms with E-state index in [1.807, 2.05) is 18.2 Å². The minimum Gasteiger partial charge on any atom is -0.312 e. The van der Waals surface area contributed by atoms with Crippen molar-refractivity contribution in [1.82, 2.24) is 15.3 Å². The quantitative estimate of drug-likeness (QED) is 0.884. The standard InChI is InChI=1S/C14H13BrN4O/c15-12-7-18-13(8-17-12)19-14(20)10-2-1-9-3-4-16-6-11(9)5-10/h1-2,5,7-8,16H,3-4,6H2,(H,18,19,20). The molecule has 0 saturated heterocycles. The lowest BCUT2D eigenvalue weighted by Gasteiger charge is -2.17. The van der Waals surface area contributed by atoms with Crippen LogP contribution in [0.1, 0.15) is 21.5 Å². The molecule has 0 bridgehead atoms. The van der Waals surface area contributed by atoms with Crippen molar-refractivity contribution in [1.29, 1.82) is 0 Å². The maximum atomic E-state index is 12.2. The number of nitrogens with one attached hydrogen (secondary N) is 2. The van der Waals surface area contributed by atoms with Crippen LogP contribution >= 0.6 is 15.9 Å². The van der Waals surface area contributed by atoms with Crippen molar-refractivity contribution in [2.45, 2.75) is 13.0 Å². The first-order valence-electron chi connectivity index (χ1n) is 6.34. The maximum Gasteiger partial charge on any atom is 0.256 e. The van der Waals surface area contributed by atoms with Gasteiger partial charge in [-0.05, 0) is 52.2 Å². The predicted octanol–water partition coefficient (Wildman–Crippen LogP) is 2.14. The summed E-state index contributed by atoms with van der Waals surface area (Å²) in [6, 6.07) is 5.81. The van der Waals surface area contributed by atoms with Crippen molar-refractivity contribution in [2.75, 3.05) is 11.9 Å². The maximum absolute atomic E-state index is 12.2. The van der Waals surface area contributed by atoms with Gasteiger partial charge in [-0.15, -0.1) is 0 Å². The highest BCUT2D eigenvalue weighted by Gasteiger charge is 2.13. The molecule has 0 unspecified atom stereocenters. The third kappa shape index (κ3) is 2.86. The van der Waals surface area contributed by atoms with Crippen LogP contribution < -0.4 is 10.6 Å². The summed E-state index contributed by atoms with van der Waals surface area (Å²) in [4.78, 5) is 20.3. The Labute approximate surface area is 125 Å². The highest BCUT2D eigenvalue weighted by molar-refractivity contribution is 9.10. The summed E-state index contributed by atoms with van der Waals surface area (Å²) in [5, 5.41) is 6.04. The first-order valence-corrected chi connectivity index (χ1v) is 7.13. The van der Waals surface area contributed by atoms with E-state index in [9.17, 15) is 4.79 Å². The SMILES string of the molecule is O=C(Nc1cnc(Br)cn1)c1ccc2c(c1)CNCC2. The second-order valence-electron chi connectivity index (χ2n) is 4.59. The van der Waals surface area contributed by atoms with E-state index in [2.05, 4.69) is 36.5 Å². The predicted molar refractivity (Wildman–Crippen MR) is 79.5 cm³/mol. The van der Waals surface area contributed by atoms with Crippen molar-refractivity contribution < 1.29 is 4.79 Å². The van der Waals surface area contributed by atoms with Crippen LogP contribution in [-0.4, -0.2) is 22.4 Å². The average molecular weight is 333 g/mol. The van der Waals surface area contributed by atoms with Crippen LogP contribution in [0.4, 0.5) is 5.82 Å². The molecule has 1 aliphatic heterocycles. The number of carbonyl (C=O) groups is 1. The first kappa shape index (κ1) is 13.2. The van der Waals surface area contributed by atoms with E-state index in [4.69, 9.17) is 0 Å². The van der Waals surface area contributed by atoms with Gasteiger partial charge < -0.3 is 10.6 Å². The molecule has 2 N–H and O–H groups in total. The topological polar surface area (TPSA) is 66.9 Å². The molecule has 102 valence electrons. The van der Waals surface area contributed by atoms with Gasteiger partial charge in [-0.3, -0.25) is 4.79 Å². The highest BCUT2D eigenvalue weighted by atomic mass is 79.9. The third-order valence-electron chi connectivity index (χ3n) is 3.22. The summed E-state index contributed by atoms with van der Waals surface area (Å²) >= 11 is 3.20. The molecule has 20 heavy (non-hydrogen) atoms. The number of hydrogen-bond donors (Lipinski definition) is 2. The van der Waals surface area contributed by atoms with E-state index in [0.29, 0.717) is 16.0 Å². The zero-order valence-electron chi connectivity index (χ0n) is 10.7. The number of halogens is 1. The van der Waals surface area contributed by atoms with Crippen LogP contribution in [0.3, 0.4) is 0 Å². The lowest BCUT2D eigenvalue weighted by Crippen LogP contribution is -2.24. The van der Waals surface area contributed by atoms with Crippen LogP contribution in [0.5, 0.6) is 0 Å². The van der Waals surface area contributed by atoms with Gasteiger partial charge in [0.05, 0.1) is 12.4 Å². The minimum atomic E-state index is -0.171. The normalized spacial score (nSPS) is 13.7. The molecule has 3 rings (SSSR count). The van der Waals surface area contributed by atoms with Crippen molar-refractivity contribution in [3.63, 3.8) is 0 Å². The molecule has 5 nitrogen and oxygen atoms in total. The fourth-order valence-electron chi connectivity index (χ4n) is 2.19. The van der Waals surface area contributed by atoms with E-state index in [-0.39, 0.29) is 5.91 Å². The first-order chi connectivity index (χ1) is 9.72. The molecule has 0 fully saturated rings. The Hall–Kier alpha value is -1.79. The Morgan fingerprint density at radius 3 is 2.95 bits per heavy atom. The Balaban J connectivity index is 1.78. The number of carbonyl (C=O) groups excluding carboxylic acids is 1. The Morgan fingerprint density at radius 2 is 2.15 bits per heavy atom. The van der Waals surface area contributed by atoms with E-state index in [1.54, 1.807) is 6.20 Å². The number of nitrogens with zero attached hydrogens (tertiary/aromatic N) is 2. The molecule has 2 aromatic rings. The molecular formula is C14H13BrN4O. The molecule has 0 saturated carbocycles. The summed E-state index contributed by atoms with van der Waals surface area (Å²) < 4.78 is 0.635. The lowest BCUT2D eigenvalue weighted by molar-refractivity contribution is 0.102. The van der Waals surface area contributed by atoms with Crippen LogP contribution in [0, 0.1) is 0 Å². The van der Waals surface area contributed by atoms with Gasteiger partial charge in [0.25, 0.3) is 5.91 Å². The number of fused-ring (bicyclic) bond motifs is 1. The van der Waals surface area contributed by atoms with Gasteiger partial charge in [0, 0.05) is 12.1 Å². The largest absolute Gasteiger partial charge is 0.312 e. The monoisotopic (exact) mass is 332 g/mol. The molecule has 1 aliphatic rings. The van der Waals surface area contributed by atoms with Crippen molar-refractivity contribution >= 4 is 27.7 Å². The minimum absolute atomic E-state index is 0.171. The molecule has 2 heterocycles. The molecule has 0 aliphatic carbocycles. The second-order valence-corrected chi connectivity index (χ2v) is 5.40. The summed E-state index contributed by atoms with van der Waals surface area (Å²) in [6.07, 6.45) is 4.07. The molecule has 1 aromatic carbocycles. The number of benzene rings is 1. The molecule has 0 spiro atoms. The molecule has 0 atom stereocenters. The smallest absolute Gasteiger partial charge is 0.256 e. The van der Waals surface area contributed by atoms with E-state index < -0.39 is 0 Å². The summed E-state index contributed by atoms with van der Waals surface area (Å²) in [6.45, 7) is 1.81. The number of anilines is 1. The van der Waals surface area contributed by atoms with Gasteiger partial charge in [0.15, 0.2) is 5.82 Å². The summed E-state index contributed by atoms with van der Waals surface area (Å²) in [7, 11) is 0. The molecule has 1 amide bonds. The van der Waals surface area contributed by atoms with Gasteiger partial charge in [0.1, 0.15) is 4.60 Å². The number of rotatable bonds is 2. The van der Waals surface area contributed by atoms with Gasteiger partial charge in [-0.25, -0.2) is 9.97 Å². The van der Waals surface area contributed by atoms with Crippen molar-refractivity contribution in [3.05, 3.63) is 51.9 Å². The fourth-order valence-corrected chi connectivity index (χ4v) is 2.39. The van der Waals surface area contributed by atoms with Crippen LogP contribution in [0.2, 0.25) is 0 Å². The summed E-state index contributed by atoms with van der Waals surface area (Å²) in [5.74, 6) is 0.268. The lowest BCUT2D eigenvalue weighted by atomic mass is 9.98. The number of aromatic nitrogens is 2. The number of amides is 1. The third-order valence-corrected chi connectivity index (χ3v) is 3.63. The van der Waals surface area contributed by atoms with Crippen LogP contribution in [0.25, 0.3) is 0 Å². The van der Waals surface area contributed by atoms with Gasteiger partial charge in [-0.2, -0.15) is 0 Å². The average Bonchev–Trinajstić information content (AvgIpc) is 2.49. The second kappa shape index (κ2) is 5.68. The Kier molecular flexibility index (Phi) is 3.75. The zero-order chi connectivity index (χ0) is 13.9. The molecule has 0 radical (unpaired) electrons. The zero-order valence-corrected chi connectivity index (χ0v) is 12.3.